The molecule has 0 unspecified atom stereocenters. The van der Waals surface area contributed by atoms with Gasteiger partial charge in [-0.3, -0.25) is 4.79 Å². The zero-order chi connectivity index (χ0) is 18.7. The summed E-state index contributed by atoms with van der Waals surface area (Å²) in [5.74, 6) is 0.122. The minimum Gasteiger partial charge on any atom is -0.463 e. The lowest BCUT2D eigenvalue weighted by molar-refractivity contribution is -0.138. The third-order valence-electron chi connectivity index (χ3n) is 4.56. The molecule has 0 aromatic heterocycles. The lowest BCUT2D eigenvalue weighted by atomic mass is 9.96. The summed E-state index contributed by atoms with van der Waals surface area (Å²) in [6.07, 6.45) is 4.97. The number of hydrogen-bond acceptors (Lipinski definition) is 5. The first-order valence-corrected chi connectivity index (χ1v) is 8.77. The van der Waals surface area contributed by atoms with Crippen molar-refractivity contribution in [3.63, 3.8) is 0 Å². The van der Waals surface area contributed by atoms with Crippen molar-refractivity contribution in [2.75, 3.05) is 19.7 Å². The molecule has 26 heavy (non-hydrogen) atoms. The Labute approximate surface area is 153 Å². The van der Waals surface area contributed by atoms with E-state index in [2.05, 4.69) is 11.1 Å². The maximum atomic E-state index is 12.1. The van der Waals surface area contributed by atoms with Crippen molar-refractivity contribution >= 4 is 35.0 Å². The average Bonchev–Trinajstić information content (AvgIpc) is 2.79. The zero-order valence-electron chi connectivity index (χ0n) is 15.1. The molecule has 0 saturated heterocycles. The number of fused-ring (bicyclic) bond motifs is 1. The van der Waals surface area contributed by atoms with Crippen LogP contribution in [0.5, 0.6) is 0 Å². The summed E-state index contributed by atoms with van der Waals surface area (Å²) >= 11 is 0. The standard InChI is InChI=1S/C20H23N3O3/c1-3-26-20(25)17-11-16-10-15(4-5-18(16)22-19(21)12-17)14-6-8-23(9-7-14)13(2)24/h4-6,10-11H,3,7-9,12H2,1-2H3,(H2,21,22). The lowest BCUT2D eigenvalue weighted by Crippen LogP contribution is -2.32. The first-order valence-electron chi connectivity index (χ1n) is 8.77. The van der Waals surface area contributed by atoms with Crippen LogP contribution >= 0.6 is 0 Å². The molecule has 0 spiro atoms. The third kappa shape index (κ3) is 3.85. The summed E-state index contributed by atoms with van der Waals surface area (Å²) in [4.78, 5) is 29.8. The van der Waals surface area contributed by atoms with Crippen LogP contribution in [0.2, 0.25) is 0 Å². The molecular formula is C20H23N3O3. The Hall–Kier alpha value is -2.89. The molecule has 1 aromatic carbocycles. The number of esters is 1. The van der Waals surface area contributed by atoms with E-state index in [1.807, 2.05) is 29.2 Å². The molecule has 1 aromatic rings. The molecule has 0 radical (unpaired) electrons. The summed E-state index contributed by atoms with van der Waals surface area (Å²) in [5.41, 5.74) is 10.3. The van der Waals surface area contributed by atoms with Gasteiger partial charge < -0.3 is 15.4 Å². The van der Waals surface area contributed by atoms with Gasteiger partial charge in [-0.05, 0) is 42.7 Å². The molecule has 0 saturated carbocycles. The van der Waals surface area contributed by atoms with Gasteiger partial charge in [0.1, 0.15) is 5.84 Å². The van der Waals surface area contributed by atoms with Gasteiger partial charge in [-0.15, -0.1) is 0 Å². The van der Waals surface area contributed by atoms with E-state index in [0.29, 0.717) is 31.1 Å². The number of amides is 1. The predicted octanol–water partition coefficient (Wildman–Crippen LogP) is 2.66. The highest BCUT2D eigenvalue weighted by Gasteiger charge is 2.19. The molecule has 0 fully saturated rings. The molecule has 6 nitrogen and oxygen atoms in total. The predicted molar refractivity (Wildman–Crippen MR) is 102 cm³/mol. The van der Waals surface area contributed by atoms with Crippen molar-refractivity contribution in [3.05, 3.63) is 41.0 Å². The maximum absolute atomic E-state index is 12.1. The van der Waals surface area contributed by atoms with Crippen molar-refractivity contribution < 1.29 is 14.3 Å². The summed E-state index contributed by atoms with van der Waals surface area (Å²) in [5, 5.41) is 0. The SMILES string of the molecule is CCOC(=O)C1=Cc2cc(C3=CCN(C(C)=O)CC3)ccc2N=C(N)C1. The smallest absolute Gasteiger partial charge is 0.334 e. The average molecular weight is 353 g/mol. The highest BCUT2D eigenvalue weighted by molar-refractivity contribution is 6.03. The van der Waals surface area contributed by atoms with Gasteiger partial charge in [0, 0.05) is 37.6 Å². The third-order valence-corrected chi connectivity index (χ3v) is 4.56. The normalized spacial score (nSPS) is 16.7. The maximum Gasteiger partial charge on any atom is 0.334 e. The van der Waals surface area contributed by atoms with Crippen LogP contribution in [-0.4, -0.2) is 42.3 Å². The van der Waals surface area contributed by atoms with Gasteiger partial charge in [0.25, 0.3) is 0 Å². The molecule has 6 heteroatoms. The van der Waals surface area contributed by atoms with Gasteiger partial charge >= 0.3 is 5.97 Å². The van der Waals surface area contributed by atoms with Crippen LogP contribution in [-0.2, 0) is 14.3 Å². The Morgan fingerprint density at radius 1 is 1.35 bits per heavy atom. The Kier molecular flexibility index (Phi) is 5.21. The van der Waals surface area contributed by atoms with E-state index in [-0.39, 0.29) is 18.3 Å². The van der Waals surface area contributed by atoms with Crippen LogP contribution in [0.1, 0.15) is 37.8 Å². The molecule has 2 aliphatic rings. The second kappa shape index (κ2) is 7.56. The molecule has 136 valence electrons. The van der Waals surface area contributed by atoms with Gasteiger partial charge in [0.2, 0.25) is 5.91 Å². The lowest BCUT2D eigenvalue weighted by Gasteiger charge is -2.25. The molecule has 0 aliphatic carbocycles. The summed E-state index contributed by atoms with van der Waals surface area (Å²) in [6, 6.07) is 5.94. The van der Waals surface area contributed by atoms with E-state index < -0.39 is 0 Å². The molecule has 2 aliphatic heterocycles. The van der Waals surface area contributed by atoms with Gasteiger partial charge in [0.15, 0.2) is 0 Å². The van der Waals surface area contributed by atoms with Crippen molar-refractivity contribution in [1.29, 1.82) is 0 Å². The van der Waals surface area contributed by atoms with E-state index in [1.54, 1.807) is 13.8 Å². The van der Waals surface area contributed by atoms with Crippen molar-refractivity contribution in [2.24, 2.45) is 10.7 Å². The van der Waals surface area contributed by atoms with Crippen molar-refractivity contribution in [1.82, 2.24) is 4.90 Å². The topological polar surface area (TPSA) is 85.0 Å². The van der Waals surface area contributed by atoms with Crippen LogP contribution < -0.4 is 5.73 Å². The molecular weight excluding hydrogens is 330 g/mol. The van der Waals surface area contributed by atoms with Crippen LogP contribution in [0.25, 0.3) is 11.6 Å². The molecule has 3 rings (SSSR count). The number of benzene rings is 1. The number of carbonyl (C=O) groups excluding carboxylic acids is 2. The fourth-order valence-corrected chi connectivity index (χ4v) is 3.17. The van der Waals surface area contributed by atoms with Gasteiger partial charge in [-0.25, -0.2) is 9.79 Å². The quantitative estimate of drug-likeness (QED) is 0.847. The van der Waals surface area contributed by atoms with Crippen molar-refractivity contribution in [2.45, 2.75) is 26.7 Å². The van der Waals surface area contributed by atoms with Crippen molar-refractivity contribution in [3.8, 4) is 0 Å². The van der Waals surface area contributed by atoms with Gasteiger partial charge in [-0.1, -0.05) is 12.1 Å². The van der Waals surface area contributed by atoms with Crippen LogP contribution in [0.4, 0.5) is 5.69 Å². The minimum atomic E-state index is -0.363. The summed E-state index contributed by atoms with van der Waals surface area (Å²) < 4.78 is 5.11. The molecule has 2 heterocycles. The number of rotatable bonds is 3. The number of aliphatic imine (C=N–C) groups is 1. The Bertz CT molecular complexity index is 837. The second-order valence-corrected chi connectivity index (χ2v) is 6.39. The van der Waals surface area contributed by atoms with E-state index in [4.69, 9.17) is 10.5 Å². The highest BCUT2D eigenvalue weighted by Crippen LogP contribution is 2.31. The summed E-state index contributed by atoms with van der Waals surface area (Å²) in [6.45, 7) is 5.02. The first-order chi connectivity index (χ1) is 12.5. The van der Waals surface area contributed by atoms with E-state index in [9.17, 15) is 9.59 Å². The summed E-state index contributed by atoms with van der Waals surface area (Å²) in [7, 11) is 0. The second-order valence-electron chi connectivity index (χ2n) is 6.39. The van der Waals surface area contributed by atoms with Gasteiger partial charge in [-0.2, -0.15) is 0 Å². The van der Waals surface area contributed by atoms with Crippen LogP contribution in [0, 0.1) is 0 Å². The largest absolute Gasteiger partial charge is 0.463 e. The number of nitrogens with zero attached hydrogens (tertiary/aromatic N) is 2. The first kappa shape index (κ1) is 17.9. The Morgan fingerprint density at radius 3 is 2.81 bits per heavy atom. The fourth-order valence-electron chi connectivity index (χ4n) is 3.17. The molecule has 0 bridgehead atoms. The minimum absolute atomic E-state index is 0.0917. The molecule has 2 N–H and O–H groups in total. The molecule has 0 atom stereocenters. The van der Waals surface area contributed by atoms with Gasteiger partial charge in [0.05, 0.1) is 12.3 Å². The number of nitrogens with two attached hydrogens (primary N) is 1. The van der Waals surface area contributed by atoms with E-state index >= 15 is 0 Å². The number of amidine groups is 1. The zero-order valence-corrected chi connectivity index (χ0v) is 15.1. The highest BCUT2D eigenvalue weighted by atomic mass is 16.5. The van der Waals surface area contributed by atoms with E-state index in [0.717, 1.165) is 23.2 Å². The van der Waals surface area contributed by atoms with Crippen LogP contribution in [0.15, 0.2) is 34.8 Å². The number of hydrogen-bond donors (Lipinski definition) is 1. The van der Waals surface area contributed by atoms with Crippen LogP contribution in [0.3, 0.4) is 0 Å². The number of carbonyl (C=O) groups is 2. The molecule has 1 amide bonds. The fraction of sp³-hybridized carbons (Fsp3) is 0.350. The number of ether oxygens (including phenoxy) is 1. The Morgan fingerprint density at radius 2 is 2.15 bits per heavy atom. The monoisotopic (exact) mass is 353 g/mol. The Balaban J connectivity index is 1.93. The van der Waals surface area contributed by atoms with E-state index in [1.165, 1.54) is 5.57 Å².